The molecule has 0 bridgehead atoms. The van der Waals surface area contributed by atoms with Gasteiger partial charge in [0.2, 0.25) is 5.13 Å². The number of para-hydroxylation sites is 1. The van der Waals surface area contributed by atoms with Crippen LogP contribution in [-0.4, -0.2) is 27.9 Å². The second-order valence-corrected chi connectivity index (χ2v) is 9.24. The number of aromatic nitrogens is 2. The van der Waals surface area contributed by atoms with Gasteiger partial charge in [0.15, 0.2) is 0 Å². The fourth-order valence-electron chi connectivity index (χ4n) is 4.38. The molecule has 162 valence electrons. The van der Waals surface area contributed by atoms with Crippen LogP contribution in [-0.2, 0) is 0 Å². The highest BCUT2D eigenvalue weighted by molar-refractivity contribution is 7.15. The number of imide groups is 1. The number of carbonyl (C=O) groups is 3. The van der Waals surface area contributed by atoms with Gasteiger partial charge in [0.05, 0.1) is 16.8 Å². The van der Waals surface area contributed by atoms with Gasteiger partial charge < -0.3 is 0 Å². The van der Waals surface area contributed by atoms with Crippen LogP contribution in [0.15, 0.2) is 42.5 Å². The Morgan fingerprint density at radius 2 is 1.75 bits per heavy atom. The lowest BCUT2D eigenvalue weighted by atomic mass is 9.90. The van der Waals surface area contributed by atoms with Crippen LogP contribution in [0.5, 0.6) is 0 Å². The molecule has 0 radical (unpaired) electrons. The van der Waals surface area contributed by atoms with Crippen molar-refractivity contribution in [2.24, 2.45) is 0 Å². The van der Waals surface area contributed by atoms with Crippen LogP contribution in [0.25, 0.3) is 0 Å². The van der Waals surface area contributed by atoms with Gasteiger partial charge in [0.25, 0.3) is 17.7 Å². The van der Waals surface area contributed by atoms with E-state index in [0.29, 0.717) is 27.9 Å². The summed E-state index contributed by atoms with van der Waals surface area (Å²) in [6, 6.07) is 11.8. The Bertz CT molecular complexity index is 1230. The number of hydrogen-bond acceptors (Lipinski definition) is 6. The number of fused-ring (bicyclic) bond motifs is 1. The lowest BCUT2D eigenvalue weighted by Gasteiger charge is -2.18. The highest BCUT2D eigenvalue weighted by atomic mass is 32.1. The van der Waals surface area contributed by atoms with Crippen LogP contribution in [0.3, 0.4) is 0 Å². The second-order valence-electron chi connectivity index (χ2n) is 8.23. The van der Waals surface area contributed by atoms with E-state index in [2.05, 4.69) is 15.5 Å². The summed E-state index contributed by atoms with van der Waals surface area (Å²) >= 11 is 1.40. The van der Waals surface area contributed by atoms with Gasteiger partial charge in [-0.25, -0.2) is 4.90 Å². The zero-order valence-electron chi connectivity index (χ0n) is 17.6. The highest BCUT2D eigenvalue weighted by Crippen LogP contribution is 2.35. The number of nitrogens with zero attached hydrogens (tertiary/aromatic N) is 3. The molecule has 0 spiro atoms. The number of carbonyl (C=O) groups excluding carboxylic acids is 3. The Labute approximate surface area is 189 Å². The molecule has 1 aliphatic carbocycles. The predicted octanol–water partition coefficient (Wildman–Crippen LogP) is 4.95. The number of aryl methyl sites for hydroxylation is 1. The van der Waals surface area contributed by atoms with Gasteiger partial charge in [-0.3, -0.25) is 19.7 Å². The summed E-state index contributed by atoms with van der Waals surface area (Å²) < 4.78 is 0. The fourth-order valence-corrected chi connectivity index (χ4v) is 5.29. The Morgan fingerprint density at radius 3 is 2.53 bits per heavy atom. The molecule has 32 heavy (non-hydrogen) atoms. The minimum Gasteiger partial charge on any atom is -0.296 e. The molecule has 1 fully saturated rings. The van der Waals surface area contributed by atoms with Crippen LogP contribution in [0, 0.1) is 6.92 Å². The SMILES string of the molecule is Cc1ccccc1N1C(=O)c2ccc(C(=O)Nc3nnc(C4CCCCC4)s3)cc2C1=O. The molecule has 2 aliphatic rings. The average molecular weight is 447 g/mol. The van der Waals surface area contributed by atoms with Crippen molar-refractivity contribution in [2.75, 3.05) is 10.2 Å². The van der Waals surface area contributed by atoms with E-state index in [-0.39, 0.29) is 17.4 Å². The van der Waals surface area contributed by atoms with Crippen molar-refractivity contribution in [1.82, 2.24) is 10.2 Å². The first-order chi connectivity index (χ1) is 15.5. The van der Waals surface area contributed by atoms with Gasteiger partial charge in [0.1, 0.15) is 5.01 Å². The van der Waals surface area contributed by atoms with E-state index in [0.717, 1.165) is 23.4 Å². The van der Waals surface area contributed by atoms with Crippen molar-refractivity contribution in [2.45, 2.75) is 44.9 Å². The molecule has 1 N–H and O–H groups in total. The van der Waals surface area contributed by atoms with Crippen LogP contribution >= 0.6 is 11.3 Å². The molecule has 5 rings (SSSR count). The summed E-state index contributed by atoms with van der Waals surface area (Å²) in [6.45, 7) is 1.85. The maximum absolute atomic E-state index is 13.0. The Balaban J connectivity index is 1.36. The zero-order valence-corrected chi connectivity index (χ0v) is 18.4. The summed E-state index contributed by atoms with van der Waals surface area (Å²) in [5, 5.41) is 12.6. The molecular weight excluding hydrogens is 424 g/mol. The van der Waals surface area contributed by atoms with Crippen molar-refractivity contribution >= 4 is 39.9 Å². The predicted molar refractivity (Wildman–Crippen MR) is 122 cm³/mol. The number of benzene rings is 2. The molecule has 1 aliphatic heterocycles. The molecule has 0 saturated heterocycles. The Kier molecular flexibility index (Phi) is 5.30. The van der Waals surface area contributed by atoms with E-state index in [1.807, 2.05) is 19.1 Å². The zero-order chi connectivity index (χ0) is 22.2. The van der Waals surface area contributed by atoms with Crippen LogP contribution < -0.4 is 10.2 Å². The van der Waals surface area contributed by atoms with Crippen molar-refractivity contribution in [3.05, 3.63) is 69.7 Å². The molecule has 1 saturated carbocycles. The summed E-state index contributed by atoms with van der Waals surface area (Å²) in [4.78, 5) is 39.9. The number of amides is 3. The average Bonchev–Trinajstić information content (AvgIpc) is 3.37. The van der Waals surface area contributed by atoms with E-state index in [4.69, 9.17) is 0 Å². The Hall–Kier alpha value is -3.39. The molecule has 2 aromatic carbocycles. The molecule has 1 aromatic heterocycles. The van der Waals surface area contributed by atoms with Gasteiger partial charge in [-0.05, 0) is 49.6 Å². The standard InChI is InChI=1S/C24H22N4O3S/c1-14-7-5-6-10-19(14)28-22(30)17-12-11-16(13-18(17)23(28)31)20(29)25-24-27-26-21(32-24)15-8-3-2-4-9-15/h5-7,10-13,15H,2-4,8-9H2,1H3,(H,25,27,29). The van der Waals surface area contributed by atoms with E-state index in [1.165, 1.54) is 47.6 Å². The largest absolute Gasteiger partial charge is 0.296 e. The van der Waals surface area contributed by atoms with E-state index in [9.17, 15) is 14.4 Å². The maximum atomic E-state index is 13.0. The summed E-state index contributed by atoms with van der Waals surface area (Å²) in [5.41, 5.74) is 2.20. The van der Waals surface area contributed by atoms with Gasteiger partial charge >= 0.3 is 0 Å². The van der Waals surface area contributed by atoms with E-state index < -0.39 is 5.91 Å². The van der Waals surface area contributed by atoms with E-state index in [1.54, 1.807) is 18.2 Å². The highest BCUT2D eigenvalue weighted by Gasteiger charge is 2.37. The normalized spacial score (nSPS) is 16.3. The van der Waals surface area contributed by atoms with Crippen molar-refractivity contribution in [3.63, 3.8) is 0 Å². The topological polar surface area (TPSA) is 92.3 Å². The Morgan fingerprint density at radius 1 is 1.00 bits per heavy atom. The lowest BCUT2D eigenvalue weighted by molar-refractivity contribution is 0.0925. The van der Waals surface area contributed by atoms with Crippen LogP contribution in [0.1, 0.15) is 79.7 Å². The van der Waals surface area contributed by atoms with Gasteiger partial charge in [0, 0.05) is 11.5 Å². The molecule has 2 heterocycles. The minimum atomic E-state index is -0.426. The van der Waals surface area contributed by atoms with E-state index >= 15 is 0 Å². The number of rotatable bonds is 4. The molecule has 8 heteroatoms. The third kappa shape index (κ3) is 3.60. The third-order valence-electron chi connectivity index (χ3n) is 6.12. The second kappa shape index (κ2) is 8.27. The van der Waals surface area contributed by atoms with Crippen molar-refractivity contribution in [3.8, 4) is 0 Å². The number of nitrogens with one attached hydrogen (secondary N) is 1. The monoisotopic (exact) mass is 446 g/mol. The van der Waals surface area contributed by atoms with Crippen molar-refractivity contribution in [1.29, 1.82) is 0 Å². The first kappa shape index (κ1) is 20.5. The molecule has 0 unspecified atom stereocenters. The van der Waals surface area contributed by atoms with Gasteiger partial charge in [-0.15, -0.1) is 10.2 Å². The minimum absolute atomic E-state index is 0.228. The molecule has 7 nitrogen and oxygen atoms in total. The molecule has 0 atom stereocenters. The number of anilines is 2. The summed E-state index contributed by atoms with van der Waals surface area (Å²) in [6.07, 6.45) is 5.89. The third-order valence-corrected chi connectivity index (χ3v) is 7.12. The maximum Gasteiger partial charge on any atom is 0.266 e. The summed E-state index contributed by atoms with van der Waals surface area (Å²) in [5.74, 6) is -0.770. The summed E-state index contributed by atoms with van der Waals surface area (Å²) in [7, 11) is 0. The van der Waals surface area contributed by atoms with Crippen LogP contribution in [0.4, 0.5) is 10.8 Å². The first-order valence-corrected chi connectivity index (χ1v) is 11.6. The van der Waals surface area contributed by atoms with Crippen molar-refractivity contribution < 1.29 is 14.4 Å². The van der Waals surface area contributed by atoms with Crippen LogP contribution in [0.2, 0.25) is 0 Å². The number of hydrogen-bond donors (Lipinski definition) is 1. The molecule has 3 amide bonds. The fraction of sp³-hybridized carbons (Fsp3) is 0.292. The smallest absolute Gasteiger partial charge is 0.266 e. The quantitative estimate of drug-likeness (QED) is 0.573. The van der Waals surface area contributed by atoms with Gasteiger partial charge in [-0.2, -0.15) is 0 Å². The molecular formula is C24H22N4O3S. The first-order valence-electron chi connectivity index (χ1n) is 10.8. The van der Waals surface area contributed by atoms with Gasteiger partial charge in [-0.1, -0.05) is 48.8 Å². The molecule has 3 aromatic rings. The lowest BCUT2D eigenvalue weighted by Crippen LogP contribution is -2.29.